The van der Waals surface area contributed by atoms with Crippen molar-refractivity contribution in [3.63, 3.8) is 0 Å². The third kappa shape index (κ3) is 19.8. The third-order valence-corrected chi connectivity index (χ3v) is 3.65. The lowest BCUT2D eigenvalue weighted by Gasteiger charge is -1.95. The van der Waals surface area contributed by atoms with Gasteiger partial charge in [-0.05, 0) is 56.9 Å². The Bertz CT molecular complexity index is 501. The lowest BCUT2D eigenvalue weighted by molar-refractivity contribution is -0.140. The molecule has 0 unspecified atom stereocenters. The smallest absolute Gasteiger partial charge is 0.305 e. The number of unbranched alkanes of at least 4 members (excludes halogenated alkanes) is 4. The van der Waals surface area contributed by atoms with E-state index in [0.717, 1.165) is 57.8 Å². The molecule has 0 fully saturated rings. The average Bonchev–Trinajstić information content (AvgIpc) is 2.66. The molecular weight excluding hydrogens is 326 g/mol. The van der Waals surface area contributed by atoms with E-state index in [1.807, 2.05) is 0 Å². The van der Waals surface area contributed by atoms with Gasteiger partial charge < -0.3 is 4.74 Å². The number of carbonyl (C=O) groups excluding carboxylic acids is 1. The zero-order valence-corrected chi connectivity index (χ0v) is 16.1. The third-order valence-electron chi connectivity index (χ3n) is 3.65. The van der Waals surface area contributed by atoms with Crippen LogP contribution in [-0.4, -0.2) is 19.6 Å². The minimum Gasteiger partial charge on any atom is -0.469 e. The summed E-state index contributed by atoms with van der Waals surface area (Å²) in [6.07, 6.45) is 26.8. The Morgan fingerprint density at radius 2 is 1.38 bits per heavy atom. The lowest BCUT2D eigenvalue weighted by atomic mass is 10.2. The molecule has 0 aromatic rings. The average molecular weight is 360 g/mol. The fraction of sp³-hybridized carbons (Fsp3) is 0.571. The summed E-state index contributed by atoms with van der Waals surface area (Å²) in [5.41, 5.74) is 8.15. The van der Waals surface area contributed by atoms with Gasteiger partial charge in [0.1, 0.15) is 0 Å². The second-order valence-electron chi connectivity index (χ2n) is 5.86. The van der Waals surface area contributed by atoms with Gasteiger partial charge in [0.25, 0.3) is 0 Å². The largest absolute Gasteiger partial charge is 0.469 e. The number of ether oxygens (including phenoxy) is 1. The predicted octanol–water partition coefficient (Wildman–Crippen LogP) is 6.60. The van der Waals surface area contributed by atoms with Crippen LogP contribution >= 0.6 is 0 Å². The van der Waals surface area contributed by atoms with Crippen LogP contribution in [0.15, 0.2) is 53.7 Å². The highest BCUT2D eigenvalue weighted by Crippen LogP contribution is 2.02. The molecule has 0 saturated heterocycles. The fourth-order valence-electron chi connectivity index (χ4n) is 2.18. The summed E-state index contributed by atoms with van der Waals surface area (Å²) in [6, 6.07) is 0. The Hall–Kier alpha value is -2.26. The molecule has 0 spiro atoms. The van der Waals surface area contributed by atoms with Crippen LogP contribution in [0.4, 0.5) is 0 Å². The molecule has 0 amide bonds. The van der Waals surface area contributed by atoms with Gasteiger partial charge in [0.05, 0.1) is 7.11 Å². The number of azide groups is 1. The maximum atomic E-state index is 10.9. The SMILES string of the molecule is COC(=O)CCC/C=C\C/C=C\C/C=C\C/C=C\CCCCCN=[N+]=[N-]. The van der Waals surface area contributed by atoms with Gasteiger partial charge in [-0.25, -0.2) is 0 Å². The normalized spacial score (nSPS) is 11.7. The monoisotopic (exact) mass is 359 g/mol. The Labute approximate surface area is 158 Å². The lowest BCUT2D eigenvalue weighted by Crippen LogP contribution is -1.98. The number of allylic oxidation sites excluding steroid dienone is 8. The topological polar surface area (TPSA) is 75.1 Å². The predicted molar refractivity (Wildman–Crippen MR) is 109 cm³/mol. The van der Waals surface area contributed by atoms with Crippen LogP contribution in [0.1, 0.15) is 64.2 Å². The van der Waals surface area contributed by atoms with Crippen LogP contribution < -0.4 is 0 Å². The quantitative estimate of drug-likeness (QED) is 0.0777. The van der Waals surface area contributed by atoms with E-state index in [1.165, 1.54) is 7.11 Å². The number of rotatable bonds is 16. The van der Waals surface area contributed by atoms with Crippen molar-refractivity contribution in [1.29, 1.82) is 0 Å². The molecule has 0 aliphatic heterocycles. The summed E-state index contributed by atoms with van der Waals surface area (Å²) in [5.74, 6) is -0.137. The number of esters is 1. The van der Waals surface area contributed by atoms with Crippen LogP contribution in [0.25, 0.3) is 10.4 Å². The molecule has 0 aliphatic carbocycles. The first-order chi connectivity index (χ1) is 12.8. The first kappa shape index (κ1) is 23.7. The van der Waals surface area contributed by atoms with Crippen LogP contribution in [0.2, 0.25) is 0 Å². The van der Waals surface area contributed by atoms with Crippen molar-refractivity contribution in [3.8, 4) is 0 Å². The standard InChI is InChI=1S/C21H33N3O2/c1-26-21(25)19-17-15-13-11-9-7-5-3-2-4-6-8-10-12-14-16-18-20-23-24-22/h2,4-5,7-8,10-11,13H,3,6,9,12,14-20H2,1H3/b4-2-,7-5-,10-8-,13-11-. The van der Waals surface area contributed by atoms with E-state index in [0.29, 0.717) is 13.0 Å². The van der Waals surface area contributed by atoms with E-state index in [-0.39, 0.29) is 5.97 Å². The second kappa shape index (κ2) is 20.8. The van der Waals surface area contributed by atoms with Crippen molar-refractivity contribution in [2.24, 2.45) is 5.11 Å². The molecule has 0 bridgehead atoms. The molecule has 0 atom stereocenters. The Kier molecular flexibility index (Phi) is 19.0. The van der Waals surface area contributed by atoms with Gasteiger partial charge in [0.15, 0.2) is 0 Å². The van der Waals surface area contributed by atoms with Crippen molar-refractivity contribution in [2.45, 2.75) is 64.2 Å². The molecule has 0 aromatic carbocycles. The van der Waals surface area contributed by atoms with E-state index in [1.54, 1.807) is 0 Å². The molecule has 0 N–H and O–H groups in total. The van der Waals surface area contributed by atoms with E-state index >= 15 is 0 Å². The summed E-state index contributed by atoms with van der Waals surface area (Å²) in [5, 5.41) is 3.52. The minimum absolute atomic E-state index is 0.137. The fourth-order valence-corrected chi connectivity index (χ4v) is 2.18. The van der Waals surface area contributed by atoms with Gasteiger partial charge in [-0.15, -0.1) is 0 Å². The van der Waals surface area contributed by atoms with Crippen LogP contribution in [0, 0.1) is 0 Å². The highest BCUT2D eigenvalue weighted by Gasteiger charge is 1.96. The van der Waals surface area contributed by atoms with Crippen molar-refractivity contribution >= 4 is 5.97 Å². The number of hydrogen-bond donors (Lipinski definition) is 0. The molecule has 144 valence electrons. The Balaban J connectivity index is 3.43. The van der Waals surface area contributed by atoms with E-state index in [9.17, 15) is 4.79 Å². The van der Waals surface area contributed by atoms with Crippen LogP contribution in [0.3, 0.4) is 0 Å². The molecule has 5 heteroatoms. The Morgan fingerprint density at radius 1 is 0.846 bits per heavy atom. The zero-order valence-electron chi connectivity index (χ0n) is 16.1. The van der Waals surface area contributed by atoms with Crippen LogP contribution in [-0.2, 0) is 9.53 Å². The molecule has 0 aromatic heterocycles. The van der Waals surface area contributed by atoms with Gasteiger partial charge in [0, 0.05) is 17.9 Å². The zero-order chi connectivity index (χ0) is 19.1. The molecule has 0 rings (SSSR count). The van der Waals surface area contributed by atoms with Crippen molar-refractivity contribution in [1.82, 2.24) is 0 Å². The number of methoxy groups -OCH3 is 1. The van der Waals surface area contributed by atoms with Crippen LogP contribution in [0.5, 0.6) is 0 Å². The molecule has 0 aliphatic rings. The number of hydrogen-bond acceptors (Lipinski definition) is 3. The highest BCUT2D eigenvalue weighted by molar-refractivity contribution is 5.69. The second-order valence-corrected chi connectivity index (χ2v) is 5.86. The molecule has 0 saturated carbocycles. The van der Waals surface area contributed by atoms with Gasteiger partial charge >= 0.3 is 5.97 Å². The van der Waals surface area contributed by atoms with Crippen molar-refractivity contribution < 1.29 is 9.53 Å². The summed E-state index contributed by atoms with van der Waals surface area (Å²) >= 11 is 0. The van der Waals surface area contributed by atoms with Gasteiger partial charge in [0.2, 0.25) is 0 Å². The Morgan fingerprint density at radius 3 is 1.92 bits per heavy atom. The van der Waals surface area contributed by atoms with E-state index in [2.05, 4.69) is 63.4 Å². The first-order valence-corrected chi connectivity index (χ1v) is 9.49. The molecule has 0 heterocycles. The van der Waals surface area contributed by atoms with Crippen molar-refractivity contribution in [2.75, 3.05) is 13.7 Å². The highest BCUT2D eigenvalue weighted by atomic mass is 16.5. The minimum atomic E-state index is -0.137. The summed E-state index contributed by atoms with van der Waals surface area (Å²) in [6.45, 7) is 0.613. The maximum absolute atomic E-state index is 10.9. The van der Waals surface area contributed by atoms with Crippen molar-refractivity contribution in [3.05, 3.63) is 59.1 Å². The van der Waals surface area contributed by atoms with Gasteiger partial charge in [-0.1, -0.05) is 60.1 Å². The van der Waals surface area contributed by atoms with Gasteiger partial charge in [-0.2, -0.15) is 0 Å². The number of nitrogens with zero attached hydrogens (tertiary/aromatic N) is 3. The number of carbonyl (C=O) groups is 1. The maximum Gasteiger partial charge on any atom is 0.305 e. The van der Waals surface area contributed by atoms with Gasteiger partial charge in [-0.3, -0.25) is 4.79 Å². The first-order valence-electron chi connectivity index (χ1n) is 9.49. The van der Waals surface area contributed by atoms with E-state index in [4.69, 9.17) is 5.53 Å². The molecule has 0 radical (unpaired) electrons. The molecule has 26 heavy (non-hydrogen) atoms. The summed E-state index contributed by atoms with van der Waals surface area (Å²) < 4.78 is 4.59. The molecular formula is C21H33N3O2. The summed E-state index contributed by atoms with van der Waals surface area (Å²) in [4.78, 5) is 13.7. The summed E-state index contributed by atoms with van der Waals surface area (Å²) in [7, 11) is 1.42. The van der Waals surface area contributed by atoms with E-state index < -0.39 is 0 Å². The molecule has 5 nitrogen and oxygen atoms in total.